The van der Waals surface area contributed by atoms with Gasteiger partial charge >= 0.3 is 0 Å². The highest BCUT2D eigenvalue weighted by atomic mass is 16.5. The molecule has 0 aliphatic carbocycles. The van der Waals surface area contributed by atoms with E-state index in [0.29, 0.717) is 0 Å². The summed E-state index contributed by atoms with van der Waals surface area (Å²) in [6.45, 7) is 0. The zero-order valence-electron chi connectivity index (χ0n) is 13.4. The number of hydrogen-bond donors (Lipinski definition) is 0. The molecule has 0 bridgehead atoms. The molecule has 4 aromatic carbocycles. The third kappa shape index (κ3) is 1.69. The van der Waals surface area contributed by atoms with E-state index < -0.39 is 0 Å². The van der Waals surface area contributed by atoms with Gasteiger partial charge in [-0.3, -0.25) is 0 Å². The summed E-state index contributed by atoms with van der Waals surface area (Å²) in [5, 5.41) is 2.26. The highest BCUT2D eigenvalue weighted by Gasteiger charge is 2.37. The summed E-state index contributed by atoms with van der Waals surface area (Å²) in [6.07, 6.45) is 0. The van der Waals surface area contributed by atoms with Crippen LogP contribution >= 0.6 is 0 Å². The van der Waals surface area contributed by atoms with Crippen molar-refractivity contribution in [1.29, 1.82) is 0 Å². The molecule has 25 heavy (non-hydrogen) atoms. The van der Waals surface area contributed by atoms with Crippen molar-refractivity contribution in [3.63, 3.8) is 0 Å². The standard InChI is InChI=1S/C23H14O2/c1-2-8-15-14(7-1)13-20-22-21(16-9-3-5-11-18(16)24-20)17-10-4-6-12-19(17)25-23(15)22/h1-13,21H. The predicted molar refractivity (Wildman–Crippen MR) is 97.9 cm³/mol. The molecule has 0 N–H and O–H groups in total. The van der Waals surface area contributed by atoms with E-state index in [4.69, 9.17) is 9.47 Å². The number of ether oxygens (including phenoxy) is 2. The Hall–Kier alpha value is -3.26. The summed E-state index contributed by atoms with van der Waals surface area (Å²) in [4.78, 5) is 0. The molecule has 0 saturated heterocycles. The monoisotopic (exact) mass is 322 g/mol. The molecule has 0 saturated carbocycles. The van der Waals surface area contributed by atoms with Gasteiger partial charge in [0, 0.05) is 22.4 Å². The SMILES string of the molecule is c1ccc2c(c1)Oc1cc3ccccc3c3c1C2c1ccccc1O3. The molecule has 2 aliphatic heterocycles. The third-order valence-corrected chi connectivity index (χ3v) is 5.18. The van der Waals surface area contributed by atoms with Crippen LogP contribution in [0.2, 0.25) is 0 Å². The van der Waals surface area contributed by atoms with Gasteiger partial charge in [0.25, 0.3) is 0 Å². The summed E-state index contributed by atoms with van der Waals surface area (Å²) in [6, 6.07) is 27.1. The number of hydrogen-bond acceptors (Lipinski definition) is 2. The smallest absolute Gasteiger partial charge is 0.143 e. The van der Waals surface area contributed by atoms with Crippen molar-refractivity contribution in [2.24, 2.45) is 0 Å². The lowest BCUT2D eigenvalue weighted by Gasteiger charge is -2.35. The summed E-state index contributed by atoms with van der Waals surface area (Å²) in [7, 11) is 0. The van der Waals surface area contributed by atoms with Gasteiger partial charge < -0.3 is 9.47 Å². The van der Waals surface area contributed by atoms with Crippen LogP contribution in [0.4, 0.5) is 0 Å². The number of fused-ring (bicyclic) bond motifs is 6. The summed E-state index contributed by atoms with van der Waals surface area (Å²) in [5.74, 6) is 3.82. The molecule has 0 fully saturated rings. The van der Waals surface area contributed by atoms with Crippen molar-refractivity contribution in [2.75, 3.05) is 0 Å². The van der Waals surface area contributed by atoms with Crippen LogP contribution in [0.15, 0.2) is 78.9 Å². The lowest BCUT2D eigenvalue weighted by molar-refractivity contribution is 0.413. The summed E-state index contributed by atoms with van der Waals surface area (Å²) >= 11 is 0. The Morgan fingerprint density at radius 1 is 0.600 bits per heavy atom. The zero-order valence-corrected chi connectivity index (χ0v) is 13.4. The first-order chi connectivity index (χ1) is 12.4. The van der Waals surface area contributed by atoms with Crippen molar-refractivity contribution >= 4 is 10.8 Å². The molecule has 1 atom stereocenters. The van der Waals surface area contributed by atoms with Gasteiger partial charge in [-0.2, -0.15) is 0 Å². The second kappa shape index (κ2) is 4.64. The lowest BCUT2D eigenvalue weighted by atomic mass is 9.79. The Labute approximate surface area is 145 Å². The van der Waals surface area contributed by atoms with E-state index >= 15 is 0 Å². The molecule has 6 rings (SSSR count). The van der Waals surface area contributed by atoms with Crippen LogP contribution in [0.3, 0.4) is 0 Å². The van der Waals surface area contributed by atoms with Crippen molar-refractivity contribution in [3.8, 4) is 23.0 Å². The van der Waals surface area contributed by atoms with Crippen LogP contribution in [0.25, 0.3) is 10.8 Å². The van der Waals surface area contributed by atoms with Gasteiger partial charge in [0.05, 0.1) is 5.56 Å². The number of para-hydroxylation sites is 2. The number of benzene rings is 4. The molecule has 0 amide bonds. The average Bonchev–Trinajstić information content (AvgIpc) is 2.67. The Balaban J connectivity index is 1.77. The normalized spacial score (nSPS) is 16.2. The van der Waals surface area contributed by atoms with Crippen LogP contribution in [-0.2, 0) is 0 Å². The van der Waals surface area contributed by atoms with Gasteiger partial charge in [0.1, 0.15) is 23.0 Å². The molecule has 0 aromatic heterocycles. The van der Waals surface area contributed by atoms with Crippen LogP contribution in [0.1, 0.15) is 22.6 Å². The Kier molecular flexibility index (Phi) is 2.43. The van der Waals surface area contributed by atoms with E-state index in [2.05, 4.69) is 54.6 Å². The van der Waals surface area contributed by atoms with E-state index in [1.165, 1.54) is 11.1 Å². The molecule has 4 aromatic rings. The van der Waals surface area contributed by atoms with Gasteiger partial charge in [0.2, 0.25) is 0 Å². The third-order valence-electron chi connectivity index (χ3n) is 5.18. The maximum atomic E-state index is 6.37. The van der Waals surface area contributed by atoms with Gasteiger partial charge in [-0.15, -0.1) is 0 Å². The van der Waals surface area contributed by atoms with E-state index in [1.807, 2.05) is 24.3 Å². The first kappa shape index (κ1) is 13.1. The fraction of sp³-hybridized carbons (Fsp3) is 0.0435. The van der Waals surface area contributed by atoms with E-state index in [9.17, 15) is 0 Å². The lowest BCUT2D eigenvalue weighted by Crippen LogP contribution is -2.17. The highest BCUT2D eigenvalue weighted by Crippen LogP contribution is 2.57. The van der Waals surface area contributed by atoms with E-state index in [-0.39, 0.29) is 5.92 Å². The van der Waals surface area contributed by atoms with Crippen molar-refractivity contribution in [1.82, 2.24) is 0 Å². The van der Waals surface area contributed by atoms with E-state index in [0.717, 1.165) is 39.3 Å². The maximum Gasteiger partial charge on any atom is 0.143 e. The molecule has 2 aliphatic rings. The number of rotatable bonds is 0. The molecular formula is C23H14O2. The van der Waals surface area contributed by atoms with Gasteiger partial charge in [0.15, 0.2) is 0 Å². The molecule has 1 unspecified atom stereocenters. The molecule has 2 heteroatoms. The second-order valence-corrected chi connectivity index (χ2v) is 6.55. The molecule has 0 spiro atoms. The van der Waals surface area contributed by atoms with Gasteiger partial charge in [-0.25, -0.2) is 0 Å². The average molecular weight is 322 g/mol. The highest BCUT2D eigenvalue weighted by molar-refractivity contribution is 5.94. The molecular weight excluding hydrogens is 308 g/mol. The predicted octanol–water partition coefficient (Wildman–Crippen LogP) is 6.23. The summed E-state index contributed by atoms with van der Waals surface area (Å²) in [5.41, 5.74) is 3.53. The van der Waals surface area contributed by atoms with Crippen molar-refractivity contribution in [3.05, 3.63) is 95.6 Å². The van der Waals surface area contributed by atoms with Crippen LogP contribution in [-0.4, -0.2) is 0 Å². The summed E-state index contributed by atoms with van der Waals surface area (Å²) < 4.78 is 12.6. The van der Waals surface area contributed by atoms with Crippen molar-refractivity contribution in [2.45, 2.75) is 5.92 Å². The topological polar surface area (TPSA) is 18.5 Å². The molecule has 2 nitrogen and oxygen atoms in total. The first-order valence-electron chi connectivity index (χ1n) is 8.49. The Morgan fingerprint density at radius 2 is 1.24 bits per heavy atom. The van der Waals surface area contributed by atoms with Gasteiger partial charge in [-0.05, 0) is 23.6 Å². The fourth-order valence-electron chi connectivity index (χ4n) is 4.10. The zero-order chi connectivity index (χ0) is 16.4. The van der Waals surface area contributed by atoms with Crippen molar-refractivity contribution < 1.29 is 9.47 Å². The minimum absolute atomic E-state index is 0.143. The Bertz CT molecular complexity index is 1150. The minimum Gasteiger partial charge on any atom is -0.457 e. The minimum atomic E-state index is 0.143. The van der Waals surface area contributed by atoms with Gasteiger partial charge in [-0.1, -0.05) is 60.7 Å². The molecule has 2 heterocycles. The molecule has 0 radical (unpaired) electrons. The second-order valence-electron chi connectivity index (χ2n) is 6.55. The largest absolute Gasteiger partial charge is 0.457 e. The van der Waals surface area contributed by atoms with Crippen LogP contribution in [0.5, 0.6) is 23.0 Å². The van der Waals surface area contributed by atoms with E-state index in [1.54, 1.807) is 0 Å². The maximum absolute atomic E-state index is 6.37. The van der Waals surface area contributed by atoms with Crippen LogP contribution < -0.4 is 9.47 Å². The molecule has 118 valence electrons. The quantitative estimate of drug-likeness (QED) is 0.330. The first-order valence-corrected chi connectivity index (χ1v) is 8.49. The fourth-order valence-corrected chi connectivity index (χ4v) is 4.10. The van der Waals surface area contributed by atoms with Crippen LogP contribution in [0, 0.1) is 0 Å². The Morgan fingerprint density at radius 3 is 2.04 bits per heavy atom.